The van der Waals surface area contributed by atoms with Crippen LogP contribution in [0, 0.1) is 11.8 Å². The van der Waals surface area contributed by atoms with Gasteiger partial charge in [-0.05, 0) is 30.0 Å². The van der Waals surface area contributed by atoms with E-state index in [1.165, 1.54) is 0 Å². The largest absolute Gasteiger partial charge is 0.335 e. The lowest BCUT2D eigenvalue weighted by Gasteiger charge is -2.21. The van der Waals surface area contributed by atoms with Crippen molar-refractivity contribution in [3.05, 3.63) is 60.3 Å². The number of hydrogen-bond acceptors (Lipinski definition) is 2. The third-order valence-corrected chi connectivity index (χ3v) is 5.82. The molecule has 0 unspecified atom stereocenters. The van der Waals surface area contributed by atoms with Crippen LogP contribution in [0.4, 0.5) is 19.3 Å². The summed E-state index contributed by atoms with van der Waals surface area (Å²) in [7, 11) is 0. The fourth-order valence-electron chi connectivity index (χ4n) is 4.58. The molecule has 27 heavy (non-hydrogen) atoms. The van der Waals surface area contributed by atoms with E-state index < -0.39 is 29.8 Å². The van der Waals surface area contributed by atoms with Crippen LogP contribution in [0.15, 0.2) is 54.7 Å². The van der Waals surface area contributed by atoms with Crippen molar-refractivity contribution in [2.75, 3.05) is 5.32 Å². The lowest BCUT2D eigenvalue weighted by Crippen LogP contribution is -2.40. The maximum atomic E-state index is 14.3. The van der Waals surface area contributed by atoms with Crippen molar-refractivity contribution >= 4 is 22.6 Å². The van der Waals surface area contributed by atoms with Crippen molar-refractivity contribution < 1.29 is 13.6 Å². The van der Waals surface area contributed by atoms with Gasteiger partial charge in [0.15, 0.2) is 0 Å². The van der Waals surface area contributed by atoms with Gasteiger partial charge in [-0.2, -0.15) is 5.10 Å². The maximum absolute atomic E-state index is 14.3. The molecule has 2 saturated carbocycles. The average Bonchev–Trinajstić information content (AvgIpc) is 3.04. The standard InChI is InChI=1S/C20H18F2N4O/c21-20(22)17-12(11-5-2-1-3-6-11)9-16(18(17)20)25-19(27)24-14-7-4-8-15-13(14)10-23-26-15/h1-8,10,12,16-18H,9H2,(H,23,26)(H2,24,25,27)/t12-,16-,17-,18+/m1/s1. The number of carbonyl (C=O) groups excluding carboxylic acids is 1. The summed E-state index contributed by atoms with van der Waals surface area (Å²) >= 11 is 0. The normalized spacial score (nSPS) is 27.9. The van der Waals surface area contributed by atoms with Gasteiger partial charge in [0.2, 0.25) is 0 Å². The van der Waals surface area contributed by atoms with Crippen LogP contribution in [0.5, 0.6) is 0 Å². The first-order chi connectivity index (χ1) is 13.1. The fraction of sp³-hybridized carbons (Fsp3) is 0.300. The Balaban J connectivity index is 1.32. The van der Waals surface area contributed by atoms with Gasteiger partial charge in [-0.3, -0.25) is 5.10 Å². The highest BCUT2D eigenvalue weighted by atomic mass is 19.3. The van der Waals surface area contributed by atoms with Crippen LogP contribution in [0.1, 0.15) is 17.9 Å². The summed E-state index contributed by atoms with van der Waals surface area (Å²) < 4.78 is 28.6. The van der Waals surface area contributed by atoms with Gasteiger partial charge in [0.05, 0.1) is 23.3 Å². The Morgan fingerprint density at radius 1 is 1.11 bits per heavy atom. The van der Waals surface area contributed by atoms with Crippen LogP contribution in [0.25, 0.3) is 10.9 Å². The number of hydrogen-bond donors (Lipinski definition) is 3. The average molecular weight is 368 g/mol. The van der Waals surface area contributed by atoms with Crippen LogP contribution in [0.3, 0.4) is 0 Å². The van der Waals surface area contributed by atoms with E-state index in [0.717, 1.165) is 16.5 Å². The third-order valence-electron chi connectivity index (χ3n) is 5.82. The molecule has 5 nitrogen and oxygen atoms in total. The Morgan fingerprint density at radius 3 is 2.74 bits per heavy atom. The quantitative estimate of drug-likeness (QED) is 0.651. The molecule has 2 amide bonds. The Morgan fingerprint density at radius 2 is 1.93 bits per heavy atom. The molecule has 7 heteroatoms. The number of amides is 2. The lowest BCUT2D eigenvalue weighted by atomic mass is 9.92. The van der Waals surface area contributed by atoms with Gasteiger partial charge in [-0.25, -0.2) is 13.6 Å². The van der Waals surface area contributed by atoms with Crippen molar-refractivity contribution in [3.8, 4) is 0 Å². The zero-order chi connectivity index (χ0) is 18.6. The smallest absolute Gasteiger partial charge is 0.319 e. The van der Waals surface area contributed by atoms with Crippen LogP contribution in [-0.4, -0.2) is 28.2 Å². The molecule has 0 spiro atoms. The lowest BCUT2D eigenvalue weighted by molar-refractivity contribution is 0.0614. The number of benzene rings is 2. The summed E-state index contributed by atoms with van der Waals surface area (Å²) in [5.41, 5.74) is 2.31. The van der Waals surface area contributed by atoms with E-state index in [1.54, 1.807) is 18.3 Å². The Kier molecular flexibility index (Phi) is 3.47. The van der Waals surface area contributed by atoms with Gasteiger partial charge in [0.1, 0.15) is 0 Å². The van der Waals surface area contributed by atoms with E-state index in [2.05, 4.69) is 20.8 Å². The number of carbonyl (C=O) groups is 1. The molecule has 4 atom stereocenters. The van der Waals surface area contributed by atoms with Crippen molar-refractivity contribution in [1.29, 1.82) is 0 Å². The van der Waals surface area contributed by atoms with Crippen molar-refractivity contribution in [2.24, 2.45) is 11.8 Å². The van der Waals surface area contributed by atoms with Crippen LogP contribution in [0.2, 0.25) is 0 Å². The number of nitrogens with zero attached hydrogens (tertiary/aromatic N) is 1. The number of nitrogens with one attached hydrogen (secondary N) is 3. The van der Waals surface area contributed by atoms with E-state index in [1.807, 2.05) is 36.4 Å². The van der Waals surface area contributed by atoms with E-state index in [-0.39, 0.29) is 5.92 Å². The van der Waals surface area contributed by atoms with Gasteiger partial charge in [-0.1, -0.05) is 36.4 Å². The highest BCUT2D eigenvalue weighted by Gasteiger charge is 2.77. The highest BCUT2D eigenvalue weighted by Crippen LogP contribution is 2.69. The zero-order valence-corrected chi connectivity index (χ0v) is 14.3. The molecular weight excluding hydrogens is 350 g/mol. The molecule has 2 aromatic carbocycles. The summed E-state index contributed by atoms with van der Waals surface area (Å²) in [5, 5.41) is 13.1. The molecule has 138 valence electrons. The minimum atomic E-state index is -2.72. The molecule has 2 aliphatic rings. The second kappa shape index (κ2) is 5.77. The number of aromatic nitrogens is 2. The fourth-order valence-corrected chi connectivity index (χ4v) is 4.58. The predicted octanol–water partition coefficient (Wildman–Crippen LogP) is 4.12. The molecule has 1 heterocycles. The molecule has 1 aromatic heterocycles. The molecule has 2 aliphatic carbocycles. The molecule has 3 aromatic rings. The van der Waals surface area contributed by atoms with E-state index in [9.17, 15) is 13.6 Å². The Hall–Kier alpha value is -2.96. The minimum absolute atomic E-state index is 0.228. The number of aromatic amines is 1. The molecule has 0 aliphatic heterocycles. The van der Waals surface area contributed by atoms with Crippen molar-refractivity contribution in [2.45, 2.75) is 24.3 Å². The molecular formula is C20H18F2N4O. The summed E-state index contributed by atoms with van der Waals surface area (Å²) in [6, 6.07) is 13.8. The van der Waals surface area contributed by atoms with Crippen LogP contribution in [-0.2, 0) is 0 Å². The Labute approximate surface area is 154 Å². The summed E-state index contributed by atoms with van der Waals surface area (Å²) in [6.07, 6.45) is 2.15. The van der Waals surface area contributed by atoms with E-state index in [4.69, 9.17) is 0 Å². The summed E-state index contributed by atoms with van der Waals surface area (Å²) in [4.78, 5) is 12.5. The Bertz CT molecular complexity index is 1000. The molecule has 5 rings (SSSR count). The number of rotatable bonds is 3. The third kappa shape index (κ3) is 2.57. The molecule has 0 radical (unpaired) electrons. The summed E-state index contributed by atoms with van der Waals surface area (Å²) in [6.45, 7) is 0. The van der Waals surface area contributed by atoms with E-state index in [0.29, 0.717) is 12.1 Å². The SMILES string of the molecule is O=C(Nc1cccc2[nH]ncc12)N[C@@H]1C[C@H](c2ccccc2)[C@@H]2[C@H]1C2(F)F. The molecule has 3 N–H and O–H groups in total. The van der Waals surface area contributed by atoms with Gasteiger partial charge in [-0.15, -0.1) is 0 Å². The van der Waals surface area contributed by atoms with Gasteiger partial charge in [0.25, 0.3) is 5.92 Å². The summed E-state index contributed by atoms with van der Waals surface area (Å²) in [5.74, 6) is -4.43. The number of alkyl halides is 2. The van der Waals surface area contributed by atoms with Crippen molar-refractivity contribution in [3.63, 3.8) is 0 Å². The number of halogens is 2. The number of anilines is 1. The van der Waals surface area contributed by atoms with Crippen LogP contribution < -0.4 is 10.6 Å². The van der Waals surface area contributed by atoms with E-state index >= 15 is 0 Å². The minimum Gasteiger partial charge on any atom is -0.335 e. The molecule has 0 bridgehead atoms. The molecule has 0 saturated heterocycles. The van der Waals surface area contributed by atoms with Crippen LogP contribution >= 0.6 is 0 Å². The topological polar surface area (TPSA) is 69.8 Å². The number of H-pyrrole nitrogens is 1. The zero-order valence-electron chi connectivity index (χ0n) is 14.3. The first-order valence-electron chi connectivity index (χ1n) is 8.98. The van der Waals surface area contributed by atoms with Gasteiger partial charge in [0, 0.05) is 17.3 Å². The number of urea groups is 1. The first kappa shape index (κ1) is 16.2. The maximum Gasteiger partial charge on any atom is 0.319 e. The van der Waals surface area contributed by atoms with Gasteiger partial charge >= 0.3 is 6.03 Å². The molecule has 2 fully saturated rings. The number of fused-ring (bicyclic) bond motifs is 2. The monoisotopic (exact) mass is 368 g/mol. The van der Waals surface area contributed by atoms with Crippen molar-refractivity contribution in [1.82, 2.24) is 15.5 Å². The van der Waals surface area contributed by atoms with Gasteiger partial charge < -0.3 is 10.6 Å². The second-order valence-electron chi connectivity index (χ2n) is 7.32. The highest BCUT2D eigenvalue weighted by molar-refractivity contribution is 6.00. The predicted molar refractivity (Wildman–Crippen MR) is 97.8 cm³/mol. The first-order valence-corrected chi connectivity index (χ1v) is 8.98. The second-order valence-corrected chi connectivity index (χ2v) is 7.32.